The maximum absolute atomic E-state index is 6.94. The Bertz CT molecular complexity index is 1310. The van der Waals surface area contributed by atoms with E-state index in [0.29, 0.717) is 6.04 Å². The average Bonchev–Trinajstić information content (AvgIpc) is 3.29. The summed E-state index contributed by atoms with van der Waals surface area (Å²) in [5.74, 6) is 0. The molecule has 1 aromatic heterocycles. The van der Waals surface area contributed by atoms with Crippen LogP contribution in [0.3, 0.4) is 0 Å². The molecule has 2 aliphatic rings. The molecule has 0 aliphatic carbocycles. The fourth-order valence-corrected chi connectivity index (χ4v) is 5.77. The van der Waals surface area contributed by atoms with Crippen molar-refractivity contribution in [3.8, 4) is 0 Å². The SMILES string of the molecule is Cc1ccc(CN2Cc3cc4ccccc4nc3CC3CCCN3c3cccc(Cl)c32)cc1. The van der Waals surface area contributed by atoms with Crippen molar-refractivity contribution in [1.29, 1.82) is 0 Å². The summed E-state index contributed by atoms with van der Waals surface area (Å²) in [6.45, 7) is 4.80. The summed E-state index contributed by atoms with van der Waals surface area (Å²) < 4.78 is 0. The fourth-order valence-electron chi connectivity index (χ4n) is 5.48. The second kappa shape index (κ2) is 8.39. The Morgan fingerprint density at radius 3 is 2.73 bits per heavy atom. The number of para-hydroxylation sites is 2. The van der Waals surface area contributed by atoms with Crippen LogP contribution < -0.4 is 9.80 Å². The average molecular weight is 454 g/mol. The van der Waals surface area contributed by atoms with E-state index in [9.17, 15) is 0 Å². The number of hydrogen-bond donors (Lipinski definition) is 0. The molecule has 1 atom stereocenters. The number of nitrogens with zero attached hydrogens (tertiary/aromatic N) is 3. The minimum Gasteiger partial charge on any atom is -0.366 e. The highest BCUT2D eigenvalue weighted by atomic mass is 35.5. The van der Waals surface area contributed by atoms with Crippen molar-refractivity contribution in [2.75, 3.05) is 16.3 Å². The van der Waals surface area contributed by atoms with Crippen LogP contribution >= 0.6 is 11.6 Å². The van der Waals surface area contributed by atoms with E-state index in [1.54, 1.807) is 0 Å². The largest absolute Gasteiger partial charge is 0.366 e. The number of hydrogen-bond acceptors (Lipinski definition) is 3. The third-order valence-corrected chi connectivity index (χ3v) is 7.45. The predicted octanol–water partition coefficient (Wildman–Crippen LogP) is 6.93. The van der Waals surface area contributed by atoms with Crippen molar-refractivity contribution in [3.05, 3.63) is 100 Å². The molecule has 4 aromatic rings. The monoisotopic (exact) mass is 453 g/mol. The summed E-state index contributed by atoms with van der Waals surface area (Å²) in [7, 11) is 0. The fraction of sp³-hybridized carbons (Fsp3) is 0.276. The zero-order chi connectivity index (χ0) is 22.4. The molecule has 4 heteroatoms. The van der Waals surface area contributed by atoms with Gasteiger partial charge in [0.05, 0.1) is 21.9 Å². The number of rotatable bonds is 2. The Labute approximate surface area is 200 Å². The van der Waals surface area contributed by atoms with Crippen LogP contribution in [0.25, 0.3) is 10.9 Å². The molecule has 0 amide bonds. The first-order chi connectivity index (χ1) is 16.2. The van der Waals surface area contributed by atoms with E-state index in [1.807, 2.05) is 6.07 Å². The molecule has 1 unspecified atom stereocenters. The number of aromatic nitrogens is 1. The lowest BCUT2D eigenvalue weighted by molar-refractivity contribution is 0.653. The summed E-state index contributed by atoms with van der Waals surface area (Å²) in [6, 6.07) is 26.5. The molecule has 166 valence electrons. The molecule has 2 aliphatic heterocycles. The van der Waals surface area contributed by atoms with E-state index in [0.717, 1.165) is 42.3 Å². The number of pyridine rings is 1. The molecular weight excluding hydrogens is 426 g/mol. The second-order valence-electron chi connectivity index (χ2n) is 9.43. The van der Waals surface area contributed by atoms with E-state index < -0.39 is 0 Å². The number of anilines is 2. The lowest BCUT2D eigenvalue weighted by Gasteiger charge is -2.32. The normalized spacial score (nSPS) is 17.7. The van der Waals surface area contributed by atoms with Crippen LogP contribution in [0.4, 0.5) is 11.4 Å². The van der Waals surface area contributed by atoms with Crippen LogP contribution in [0.5, 0.6) is 0 Å². The molecule has 3 heterocycles. The van der Waals surface area contributed by atoms with Gasteiger partial charge in [0.15, 0.2) is 0 Å². The van der Waals surface area contributed by atoms with Gasteiger partial charge in [0.25, 0.3) is 0 Å². The standard InChI is InChI=1S/C29H28ClN3/c1-20-11-13-21(14-12-20)18-32-19-23-16-22-6-2-3-9-26(22)31-27(23)17-24-7-5-15-33(24)28-10-4-8-25(30)29(28)32/h2-4,6,8-14,16,24H,5,7,15,17-19H2,1H3. The molecule has 0 saturated carbocycles. The van der Waals surface area contributed by atoms with E-state index in [1.165, 1.54) is 46.3 Å². The molecule has 3 nitrogen and oxygen atoms in total. The van der Waals surface area contributed by atoms with Crippen molar-refractivity contribution in [1.82, 2.24) is 4.98 Å². The molecule has 0 bridgehead atoms. The smallest absolute Gasteiger partial charge is 0.0799 e. The number of halogens is 1. The molecule has 3 aromatic carbocycles. The lowest BCUT2D eigenvalue weighted by atomic mass is 10.0. The van der Waals surface area contributed by atoms with Crippen molar-refractivity contribution in [2.24, 2.45) is 0 Å². The Hall–Kier alpha value is -3.04. The first kappa shape index (κ1) is 20.6. The van der Waals surface area contributed by atoms with E-state index in [2.05, 4.69) is 83.5 Å². The Balaban J connectivity index is 1.53. The summed E-state index contributed by atoms with van der Waals surface area (Å²) >= 11 is 6.94. The topological polar surface area (TPSA) is 19.4 Å². The molecular formula is C29H28ClN3. The van der Waals surface area contributed by atoms with Crippen LogP contribution in [-0.2, 0) is 19.5 Å². The lowest BCUT2D eigenvalue weighted by Crippen LogP contribution is -2.32. The second-order valence-corrected chi connectivity index (χ2v) is 9.84. The van der Waals surface area contributed by atoms with Crippen LogP contribution in [0.1, 0.15) is 35.2 Å². The van der Waals surface area contributed by atoms with Gasteiger partial charge in [-0.1, -0.05) is 65.7 Å². The molecule has 1 fully saturated rings. The van der Waals surface area contributed by atoms with Crippen molar-refractivity contribution in [3.63, 3.8) is 0 Å². The maximum Gasteiger partial charge on any atom is 0.0799 e. The quantitative estimate of drug-likeness (QED) is 0.328. The van der Waals surface area contributed by atoms with Gasteiger partial charge in [-0.3, -0.25) is 4.98 Å². The number of fused-ring (bicyclic) bond motifs is 5. The van der Waals surface area contributed by atoms with Crippen molar-refractivity contribution >= 4 is 33.9 Å². The van der Waals surface area contributed by atoms with Gasteiger partial charge in [0.2, 0.25) is 0 Å². The van der Waals surface area contributed by atoms with Crippen LogP contribution in [0, 0.1) is 6.92 Å². The van der Waals surface area contributed by atoms with Gasteiger partial charge in [0, 0.05) is 43.2 Å². The minimum absolute atomic E-state index is 0.453. The number of benzene rings is 3. The molecule has 0 spiro atoms. The summed E-state index contributed by atoms with van der Waals surface area (Å²) in [4.78, 5) is 10.2. The maximum atomic E-state index is 6.94. The van der Waals surface area contributed by atoms with Gasteiger partial charge in [-0.2, -0.15) is 0 Å². The highest BCUT2D eigenvalue weighted by Crippen LogP contribution is 2.42. The van der Waals surface area contributed by atoms with Crippen LogP contribution in [0.15, 0.2) is 72.8 Å². The highest BCUT2D eigenvalue weighted by molar-refractivity contribution is 6.34. The van der Waals surface area contributed by atoms with Gasteiger partial charge in [-0.05, 0) is 55.2 Å². The van der Waals surface area contributed by atoms with E-state index in [-0.39, 0.29) is 0 Å². The molecule has 0 N–H and O–H groups in total. The predicted molar refractivity (Wildman–Crippen MR) is 138 cm³/mol. The zero-order valence-corrected chi connectivity index (χ0v) is 19.7. The summed E-state index contributed by atoms with van der Waals surface area (Å²) in [5, 5.41) is 2.02. The van der Waals surface area contributed by atoms with Gasteiger partial charge < -0.3 is 9.80 Å². The van der Waals surface area contributed by atoms with Crippen molar-refractivity contribution in [2.45, 2.75) is 45.3 Å². The first-order valence-corrected chi connectivity index (χ1v) is 12.3. The zero-order valence-electron chi connectivity index (χ0n) is 19.0. The summed E-state index contributed by atoms with van der Waals surface area (Å²) in [5.41, 5.74) is 8.59. The molecule has 6 rings (SSSR count). The van der Waals surface area contributed by atoms with Crippen LogP contribution in [-0.4, -0.2) is 17.6 Å². The first-order valence-electron chi connectivity index (χ1n) is 11.9. The third-order valence-electron chi connectivity index (χ3n) is 7.15. The Morgan fingerprint density at radius 1 is 1.00 bits per heavy atom. The summed E-state index contributed by atoms with van der Waals surface area (Å²) in [6.07, 6.45) is 3.37. The van der Waals surface area contributed by atoms with Crippen molar-refractivity contribution < 1.29 is 0 Å². The molecule has 1 saturated heterocycles. The Morgan fingerprint density at radius 2 is 1.85 bits per heavy atom. The Kier molecular flexibility index (Phi) is 5.22. The number of aryl methyl sites for hydroxylation is 1. The highest BCUT2D eigenvalue weighted by Gasteiger charge is 2.32. The minimum atomic E-state index is 0.453. The van der Waals surface area contributed by atoms with E-state index in [4.69, 9.17) is 16.6 Å². The van der Waals surface area contributed by atoms with Gasteiger partial charge in [-0.15, -0.1) is 0 Å². The molecule has 0 radical (unpaired) electrons. The van der Waals surface area contributed by atoms with Gasteiger partial charge in [0.1, 0.15) is 0 Å². The third kappa shape index (κ3) is 3.85. The van der Waals surface area contributed by atoms with E-state index >= 15 is 0 Å². The molecule has 33 heavy (non-hydrogen) atoms. The van der Waals surface area contributed by atoms with Crippen LogP contribution in [0.2, 0.25) is 5.02 Å². The van der Waals surface area contributed by atoms with Gasteiger partial charge >= 0.3 is 0 Å². The van der Waals surface area contributed by atoms with Gasteiger partial charge in [-0.25, -0.2) is 0 Å².